The number of alkyl halides is 2. The summed E-state index contributed by atoms with van der Waals surface area (Å²) in [5.74, 6) is -1.10. The monoisotopic (exact) mass is 375 g/mol. The summed E-state index contributed by atoms with van der Waals surface area (Å²) in [6, 6.07) is 7.59. The van der Waals surface area contributed by atoms with Crippen molar-refractivity contribution in [3.8, 4) is 5.75 Å². The van der Waals surface area contributed by atoms with Crippen LogP contribution in [0.3, 0.4) is 0 Å². The number of fused-ring (bicyclic) bond motifs is 1. The van der Waals surface area contributed by atoms with E-state index in [1.54, 1.807) is 0 Å². The highest BCUT2D eigenvalue weighted by Gasteiger charge is 2.35. The van der Waals surface area contributed by atoms with Gasteiger partial charge in [0, 0.05) is 37.6 Å². The van der Waals surface area contributed by atoms with Gasteiger partial charge in [-0.05, 0) is 32.0 Å². The van der Waals surface area contributed by atoms with Gasteiger partial charge in [-0.15, -0.1) is 0 Å². The van der Waals surface area contributed by atoms with E-state index in [1.165, 1.54) is 6.33 Å². The first-order valence-electron chi connectivity index (χ1n) is 9.18. The molecule has 2 aliphatic heterocycles. The zero-order valence-electron chi connectivity index (χ0n) is 15.4. The molecule has 0 amide bonds. The van der Waals surface area contributed by atoms with Crippen molar-refractivity contribution in [3.05, 3.63) is 41.9 Å². The Morgan fingerprint density at radius 3 is 2.70 bits per heavy atom. The lowest BCUT2D eigenvalue weighted by molar-refractivity contribution is -0.0221. The summed E-state index contributed by atoms with van der Waals surface area (Å²) in [7, 11) is 0. The van der Waals surface area contributed by atoms with Gasteiger partial charge in [0.1, 0.15) is 17.9 Å². The van der Waals surface area contributed by atoms with Crippen LogP contribution < -0.4 is 20.5 Å². The minimum absolute atomic E-state index is 0.0895. The Morgan fingerprint density at radius 1 is 1.19 bits per heavy atom. The van der Waals surface area contributed by atoms with E-state index in [0.717, 1.165) is 22.7 Å². The summed E-state index contributed by atoms with van der Waals surface area (Å²) in [4.78, 5) is 10.6. The van der Waals surface area contributed by atoms with E-state index in [9.17, 15) is 8.78 Å². The van der Waals surface area contributed by atoms with Crippen molar-refractivity contribution in [3.63, 3.8) is 0 Å². The molecule has 0 radical (unpaired) electrons. The van der Waals surface area contributed by atoms with Crippen LogP contribution in [0, 0.1) is 0 Å². The van der Waals surface area contributed by atoms with Gasteiger partial charge in [0.05, 0.1) is 23.5 Å². The molecular weight excluding hydrogens is 352 g/mol. The standard InChI is InChI=1S/C19H23F2N5O/c1-12(2)27-13-3-4-15-14(9-13)18(25-24-15)16-10-17(23-11-22-16)26-7-5-19(20,21)6-8-26/h3-4,9-12,18,24-25H,5-8H2,1-2H3. The fourth-order valence-corrected chi connectivity index (χ4v) is 3.46. The van der Waals surface area contributed by atoms with Crippen LogP contribution in [0.2, 0.25) is 0 Å². The second kappa shape index (κ2) is 6.92. The molecule has 0 saturated carbocycles. The van der Waals surface area contributed by atoms with Gasteiger partial charge in [0.25, 0.3) is 5.92 Å². The summed E-state index contributed by atoms with van der Waals surface area (Å²) in [6.45, 7) is 4.56. The largest absolute Gasteiger partial charge is 0.491 e. The lowest BCUT2D eigenvalue weighted by atomic mass is 10.0. The molecule has 1 aromatic carbocycles. The van der Waals surface area contributed by atoms with Gasteiger partial charge in [-0.1, -0.05) is 0 Å². The van der Waals surface area contributed by atoms with Gasteiger partial charge >= 0.3 is 0 Å². The van der Waals surface area contributed by atoms with Gasteiger partial charge in [-0.25, -0.2) is 24.2 Å². The van der Waals surface area contributed by atoms with Crippen molar-refractivity contribution in [2.24, 2.45) is 0 Å². The van der Waals surface area contributed by atoms with Crippen LogP contribution in [-0.2, 0) is 0 Å². The van der Waals surface area contributed by atoms with E-state index < -0.39 is 5.92 Å². The quantitative estimate of drug-likeness (QED) is 0.853. The van der Waals surface area contributed by atoms with E-state index >= 15 is 0 Å². The highest BCUT2D eigenvalue weighted by Crippen LogP contribution is 2.36. The maximum absolute atomic E-state index is 13.4. The van der Waals surface area contributed by atoms with Crippen molar-refractivity contribution >= 4 is 11.5 Å². The molecule has 4 rings (SSSR count). The fourth-order valence-electron chi connectivity index (χ4n) is 3.46. The number of benzene rings is 1. The van der Waals surface area contributed by atoms with E-state index in [1.807, 2.05) is 43.0 Å². The Hall–Kier alpha value is -2.48. The van der Waals surface area contributed by atoms with Gasteiger partial charge in [-0.3, -0.25) is 0 Å². The van der Waals surface area contributed by atoms with Crippen LogP contribution in [0.15, 0.2) is 30.6 Å². The van der Waals surface area contributed by atoms with Crippen LogP contribution in [0.1, 0.15) is 44.0 Å². The number of ether oxygens (including phenoxy) is 1. The van der Waals surface area contributed by atoms with E-state index in [2.05, 4.69) is 20.8 Å². The summed E-state index contributed by atoms with van der Waals surface area (Å²) < 4.78 is 32.6. The summed E-state index contributed by atoms with van der Waals surface area (Å²) in [5.41, 5.74) is 9.17. The maximum Gasteiger partial charge on any atom is 0.251 e. The molecule has 3 heterocycles. The molecule has 1 atom stereocenters. The maximum atomic E-state index is 13.4. The molecule has 6 nitrogen and oxygen atoms in total. The zero-order chi connectivity index (χ0) is 19.0. The second-order valence-electron chi connectivity index (χ2n) is 7.26. The SMILES string of the molecule is CC(C)Oc1ccc2c(c1)C(c1cc(N3CCC(F)(F)CC3)ncn1)NN2. The fraction of sp³-hybridized carbons (Fsp3) is 0.474. The number of rotatable bonds is 4. The van der Waals surface area contributed by atoms with Crippen LogP contribution in [-0.4, -0.2) is 35.1 Å². The van der Waals surface area contributed by atoms with E-state index in [4.69, 9.17) is 4.74 Å². The molecule has 0 spiro atoms. The van der Waals surface area contributed by atoms with Gasteiger partial charge in [-0.2, -0.15) is 0 Å². The van der Waals surface area contributed by atoms with E-state index in [-0.39, 0.29) is 25.0 Å². The topological polar surface area (TPSA) is 62.3 Å². The first-order valence-corrected chi connectivity index (χ1v) is 9.18. The molecule has 1 unspecified atom stereocenters. The Kier molecular flexibility index (Phi) is 4.59. The third kappa shape index (κ3) is 3.80. The van der Waals surface area contributed by atoms with Gasteiger partial charge in [0.2, 0.25) is 0 Å². The molecule has 0 bridgehead atoms. The first-order chi connectivity index (χ1) is 12.9. The second-order valence-corrected chi connectivity index (χ2v) is 7.26. The average molecular weight is 375 g/mol. The average Bonchev–Trinajstić information content (AvgIpc) is 3.04. The molecule has 2 aromatic rings. The number of halogens is 2. The number of hydrogen-bond donors (Lipinski definition) is 2. The number of nitrogens with one attached hydrogen (secondary N) is 2. The molecule has 1 aromatic heterocycles. The van der Waals surface area contributed by atoms with Crippen molar-refractivity contribution in [1.82, 2.24) is 15.4 Å². The minimum Gasteiger partial charge on any atom is -0.491 e. The normalized spacial score (nSPS) is 21.1. The predicted molar refractivity (Wildman–Crippen MR) is 99.2 cm³/mol. The van der Waals surface area contributed by atoms with Crippen molar-refractivity contribution < 1.29 is 13.5 Å². The number of piperidine rings is 1. The van der Waals surface area contributed by atoms with Gasteiger partial charge < -0.3 is 15.1 Å². The molecule has 1 saturated heterocycles. The summed E-state index contributed by atoms with van der Waals surface area (Å²) in [6.07, 6.45) is 1.29. The molecule has 8 heteroatoms. The van der Waals surface area contributed by atoms with Crippen LogP contribution in [0.5, 0.6) is 5.75 Å². The van der Waals surface area contributed by atoms with E-state index in [0.29, 0.717) is 18.9 Å². The smallest absolute Gasteiger partial charge is 0.251 e. The lowest BCUT2D eigenvalue weighted by Crippen LogP contribution is -2.39. The summed E-state index contributed by atoms with van der Waals surface area (Å²) in [5, 5.41) is 0. The predicted octanol–water partition coefficient (Wildman–Crippen LogP) is 3.52. The molecule has 1 fully saturated rings. The third-order valence-electron chi connectivity index (χ3n) is 4.85. The van der Waals surface area contributed by atoms with Crippen molar-refractivity contribution in [2.45, 2.75) is 44.8 Å². The highest BCUT2D eigenvalue weighted by molar-refractivity contribution is 5.61. The highest BCUT2D eigenvalue weighted by atomic mass is 19.3. The van der Waals surface area contributed by atoms with Crippen molar-refractivity contribution in [1.29, 1.82) is 0 Å². The third-order valence-corrected chi connectivity index (χ3v) is 4.85. The summed E-state index contributed by atoms with van der Waals surface area (Å²) >= 11 is 0. The first kappa shape index (κ1) is 17.9. The number of nitrogens with zero attached hydrogens (tertiary/aromatic N) is 3. The molecule has 2 N–H and O–H groups in total. The Labute approximate surface area is 156 Å². The van der Waals surface area contributed by atoms with Gasteiger partial charge in [0.15, 0.2) is 0 Å². The van der Waals surface area contributed by atoms with Crippen molar-refractivity contribution in [2.75, 3.05) is 23.4 Å². The Morgan fingerprint density at radius 2 is 1.96 bits per heavy atom. The number of hydrogen-bond acceptors (Lipinski definition) is 6. The van der Waals surface area contributed by atoms with Crippen LogP contribution in [0.25, 0.3) is 0 Å². The zero-order valence-corrected chi connectivity index (χ0v) is 15.4. The molecular formula is C19H23F2N5O. The molecule has 2 aliphatic rings. The minimum atomic E-state index is -2.57. The molecule has 27 heavy (non-hydrogen) atoms. The van der Waals surface area contributed by atoms with Crippen LogP contribution >= 0.6 is 0 Å². The number of hydrazine groups is 1. The molecule has 0 aliphatic carbocycles. The number of anilines is 2. The lowest BCUT2D eigenvalue weighted by Gasteiger charge is -2.32. The Bertz CT molecular complexity index is 819. The number of aromatic nitrogens is 2. The molecule has 144 valence electrons. The van der Waals surface area contributed by atoms with Crippen LogP contribution in [0.4, 0.5) is 20.3 Å². The Balaban J connectivity index is 1.57.